The van der Waals surface area contributed by atoms with Gasteiger partial charge in [0.05, 0.1) is 5.69 Å². The van der Waals surface area contributed by atoms with Gasteiger partial charge in [-0.2, -0.15) is 5.10 Å². The predicted octanol–water partition coefficient (Wildman–Crippen LogP) is 1.53. The molecule has 0 spiro atoms. The number of carbonyl (C=O) groups excluding carboxylic acids is 1. The van der Waals surface area contributed by atoms with E-state index in [1.165, 1.54) is 5.56 Å². The van der Waals surface area contributed by atoms with Crippen molar-refractivity contribution in [2.45, 2.75) is 46.6 Å². The van der Waals surface area contributed by atoms with Gasteiger partial charge in [0.15, 0.2) is 0 Å². The van der Waals surface area contributed by atoms with Crippen LogP contribution in [0.5, 0.6) is 0 Å². The Morgan fingerprint density at radius 1 is 1.43 bits per heavy atom. The SMILES string of the molecule is CCc1nccn1CCC(=O)NCCc1c(C)n[nH]c1C. The summed E-state index contributed by atoms with van der Waals surface area (Å²) in [7, 11) is 0. The molecule has 0 bridgehead atoms. The molecule has 0 aliphatic heterocycles. The lowest BCUT2D eigenvalue weighted by Crippen LogP contribution is -2.27. The van der Waals surface area contributed by atoms with Crippen molar-refractivity contribution in [2.75, 3.05) is 6.54 Å². The largest absolute Gasteiger partial charge is 0.356 e. The monoisotopic (exact) mass is 289 g/mol. The zero-order valence-electron chi connectivity index (χ0n) is 12.9. The van der Waals surface area contributed by atoms with Gasteiger partial charge in [-0.1, -0.05) is 6.92 Å². The number of hydrogen-bond acceptors (Lipinski definition) is 3. The van der Waals surface area contributed by atoms with Crippen LogP contribution in [0.1, 0.15) is 36.1 Å². The van der Waals surface area contributed by atoms with Gasteiger partial charge in [0, 0.05) is 44.0 Å². The number of imidazole rings is 1. The van der Waals surface area contributed by atoms with Crippen LogP contribution in [0.3, 0.4) is 0 Å². The van der Waals surface area contributed by atoms with E-state index in [1.54, 1.807) is 6.20 Å². The van der Waals surface area contributed by atoms with Crippen LogP contribution >= 0.6 is 0 Å². The first-order valence-electron chi connectivity index (χ1n) is 7.39. The first kappa shape index (κ1) is 15.3. The molecule has 1 amide bonds. The Labute approximate surface area is 125 Å². The van der Waals surface area contributed by atoms with Gasteiger partial charge in [-0.3, -0.25) is 9.89 Å². The van der Waals surface area contributed by atoms with Gasteiger partial charge >= 0.3 is 0 Å². The quantitative estimate of drug-likeness (QED) is 0.811. The molecular weight excluding hydrogens is 266 g/mol. The molecule has 0 radical (unpaired) electrons. The topological polar surface area (TPSA) is 75.6 Å². The lowest BCUT2D eigenvalue weighted by molar-refractivity contribution is -0.121. The molecule has 2 N–H and O–H groups in total. The van der Waals surface area contributed by atoms with Crippen molar-refractivity contribution in [1.29, 1.82) is 0 Å². The second-order valence-corrected chi connectivity index (χ2v) is 5.15. The summed E-state index contributed by atoms with van der Waals surface area (Å²) in [6.07, 6.45) is 5.87. The van der Waals surface area contributed by atoms with Crippen LogP contribution in [0.2, 0.25) is 0 Å². The number of nitrogens with zero attached hydrogens (tertiary/aromatic N) is 3. The van der Waals surface area contributed by atoms with E-state index >= 15 is 0 Å². The van der Waals surface area contributed by atoms with Crippen LogP contribution < -0.4 is 5.32 Å². The fraction of sp³-hybridized carbons (Fsp3) is 0.533. The third-order valence-corrected chi connectivity index (χ3v) is 3.68. The van der Waals surface area contributed by atoms with Gasteiger partial charge in [-0.25, -0.2) is 4.98 Å². The van der Waals surface area contributed by atoms with Crippen LogP contribution in [-0.4, -0.2) is 32.2 Å². The number of aromatic amines is 1. The Morgan fingerprint density at radius 2 is 2.24 bits per heavy atom. The van der Waals surface area contributed by atoms with E-state index in [1.807, 2.05) is 24.6 Å². The highest BCUT2D eigenvalue weighted by Gasteiger charge is 2.08. The van der Waals surface area contributed by atoms with Crippen LogP contribution in [0, 0.1) is 13.8 Å². The zero-order valence-corrected chi connectivity index (χ0v) is 12.9. The minimum atomic E-state index is 0.0737. The molecule has 2 heterocycles. The molecule has 21 heavy (non-hydrogen) atoms. The van der Waals surface area contributed by atoms with Gasteiger partial charge in [-0.15, -0.1) is 0 Å². The third-order valence-electron chi connectivity index (χ3n) is 3.68. The Balaban J connectivity index is 1.73. The second-order valence-electron chi connectivity index (χ2n) is 5.15. The molecule has 6 heteroatoms. The van der Waals surface area contributed by atoms with Crippen molar-refractivity contribution in [1.82, 2.24) is 25.1 Å². The van der Waals surface area contributed by atoms with Gasteiger partial charge in [-0.05, 0) is 25.8 Å². The summed E-state index contributed by atoms with van der Waals surface area (Å²) < 4.78 is 2.03. The van der Waals surface area contributed by atoms with E-state index in [4.69, 9.17) is 0 Å². The van der Waals surface area contributed by atoms with Crippen LogP contribution in [-0.2, 0) is 24.2 Å². The van der Waals surface area contributed by atoms with Crippen molar-refractivity contribution >= 4 is 5.91 Å². The standard InChI is InChI=1S/C15H23N5O/c1-4-14-16-8-10-20(14)9-6-15(21)17-7-5-13-11(2)18-19-12(13)3/h8,10H,4-7,9H2,1-3H3,(H,17,21)(H,18,19). The number of carbonyl (C=O) groups is 1. The molecule has 2 rings (SSSR count). The maximum Gasteiger partial charge on any atom is 0.221 e. The number of nitrogens with one attached hydrogen (secondary N) is 2. The molecule has 0 aromatic carbocycles. The average molecular weight is 289 g/mol. The predicted molar refractivity (Wildman–Crippen MR) is 81.0 cm³/mol. The molecule has 0 fully saturated rings. The van der Waals surface area contributed by atoms with Gasteiger partial charge in [0.1, 0.15) is 5.82 Å². The average Bonchev–Trinajstić information content (AvgIpc) is 3.05. The molecular formula is C15H23N5O. The highest BCUT2D eigenvalue weighted by Crippen LogP contribution is 2.09. The van der Waals surface area contributed by atoms with Gasteiger partial charge in [0.25, 0.3) is 0 Å². The Kier molecular flexibility index (Phi) is 5.14. The Morgan fingerprint density at radius 3 is 2.90 bits per heavy atom. The minimum Gasteiger partial charge on any atom is -0.356 e. The maximum atomic E-state index is 11.9. The summed E-state index contributed by atoms with van der Waals surface area (Å²) >= 11 is 0. The molecule has 0 saturated heterocycles. The lowest BCUT2D eigenvalue weighted by atomic mass is 10.1. The van der Waals surface area contributed by atoms with E-state index in [9.17, 15) is 4.79 Å². The zero-order chi connectivity index (χ0) is 15.2. The summed E-state index contributed by atoms with van der Waals surface area (Å²) in [4.78, 5) is 16.1. The summed E-state index contributed by atoms with van der Waals surface area (Å²) in [6, 6.07) is 0. The van der Waals surface area contributed by atoms with Crippen LogP contribution in [0.15, 0.2) is 12.4 Å². The molecule has 114 valence electrons. The summed E-state index contributed by atoms with van der Waals surface area (Å²) in [5, 5.41) is 10.1. The molecule has 2 aromatic rings. The van der Waals surface area contributed by atoms with Crippen molar-refractivity contribution in [3.8, 4) is 0 Å². The summed E-state index contributed by atoms with van der Waals surface area (Å²) in [5.74, 6) is 1.09. The van der Waals surface area contributed by atoms with Crippen molar-refractivity contribution < 1.29 is 4.79 Å². The first-order valence-corrected chi connectivity index (χ1v) is 7.39. The number of rotatable bonds is 7. The van der Waals surface area contributed by atoms with Crippen molar-refractivity contribution in [3.63, 3.8) is 0 Å². The number of aryl methyl sites for hydroxylation is 4. The highest BCUT2D eigenvalue weighted by atomic mass is 16.1. The van der Waals surface area contributed by atoms with Crippen molar-refractivity contribution in [3.05, 3.63) is 35.2 Å². The molecule has 0 unspecified atom stereocenters. The molecule has 0 aliphatic rings. The summed E-state index contributed by atoms with van der Waals surface area (Å²) in [5.41, 5.74) is 3.28. The van der Waals surface area contributed by atoms with E-state index < -0.39 is 0 Å². The number of hydrogen-bond donors (Lipinski definition) is 2. The van der Waals surface area contributed by atoms with Gasteiger partial charge in [0.2, 0.25) is 5.91 Å². The highest BCUT2D eigenvalue weighted by molar-refractivity contribution is 5.75. The van der Waals surface area contributed by atoms with E-state index in [0.717, 1.165) is 30.1 Å². The smallest absolute Gasteiger partial charge is 0.221 e. The molecule has 6 nitrogen and oxygen atoms in total. The lowest BCUT2D eigenvalue weighted by Gasteiger charge is -2.08. The molecule has 0 saturated carbocycles. The first-order chi connectivity index (χ1) is 10.1. The third kappa shape index (κ3) is 3.93. The van der Waals surface area contributed by atoms with Crippen molar-refractivity contribution in [2.24, 2.45) is 0 Å². The number of aromatic nitrogens is 4. The number of H-pyrrole nitrogens is 1. The fourth-order valence-corrected chi connectivity index (χ4v) is 2.44. The summed E-state index contributed by atoms with van der Waals surface area (Å²) in [6.45, 7) is 7.37. The minimum absolute atomic E-state index is 0.0737. The maximum absolute atomic E-state index is 11.9. The number of amides is 1. The van der Waals surface area contributed by atoms with Gasteiger partial charge < -0.3 is 9.88 Å². The second kappa shape index (κ2) is 7.06. The fourth-order valence-electron chi connectivity index (χ4n) is 2.44. The van der Waals surface area contributed by atoms with E-state index in [-0.39, 0.29) is 5.91 Å². The Hall–Kier alpha value is -2.11. The molecule has 0 atom stereocenters. The van der Waals surface area contributed by atoms with Crippen LogP contribution in [0.25, 0.3) is 0 Å². The molecule has 0 aliphatic carbocycles. The van der Waals surface area contributed by atoms with E-state index in [2.05, 4.69) is 27.4 Å². The molecule has 2 aromatic heterocycles. The Bertz CT molecular complexity index is 579. The normalized spacial score (nSPS) is 10.8. The van der Waals surface area contributed by atoms with Crippen LogP contribution in [0.4, 0.5) is 0 Å². The van der Waals surface area contributed by atoms with E-state index in [0.29, 0.717) is 19.5 Å².